The van der Waals surface area contributed by atoms with E-state index in [1.165, 1.54) is 0 Å². The van der Waals surface area contributed by atoms with Crippen LogP contribution in [0.2, 0.25) is 0 Å². The van der Waals surface area contributed by atoms with Crippen molar-refractivity contribution in [2.45, 2.75) is 59.8 Å². The number of hydrogen-bond donors (Lipinski definition) is 0. The summed E-state index contributed by atoms with van der Waals surface area (Å²) < 4.78 is 0. The molecule has 0 fully saturated rings. The molecule has 74 valence electrons. The summed E-state index contributed by atoms with van der Waals surface area (Å²) in [5, 5.41) is 0.264. The molecule has 0 aromatic carbocycles. The van der Waals surface area contributed by atoms with Crippen molar-refractivity contribution < 1.29 is 0 Å². The topological polar surface area (TPSA) is 0 Å². The second-order valence-electron chi connectivity index (χ2n) is 5.05. The van der Waals surface area contributed by atoms with Gasteiger partial charge in [0.25, 0.3) is 0 Å². The zero-order valence-electron chi connectivity index (χ0n) is 9.37. The van der Waals surface area contributed by atoms with Gasteiger partial charge in [-0.15, -0.1) is 11.6 Å². The number of alkyl halides is 1. The predicted octanol–water partition coefficient (Wildman–Crippen LogP) is 4.47. The van der Waals surface area contributed by atoms with E-state index in [-0.39, 0.29) is 16.2 Å². The highest BCUT2D eigenvalue weighted by Gasteiger charge is 2.36. The molecule has 0 heterocycles. The van der Waals surface area contributed by atoms with Crippen LogP contribution in [0.5, 0.6) is 0 Å². The maximum Gasteiger partial charge on any atom is 0.0437 e. The molecule has 0 aromatic heterocycles. The molecule has 0 saturated heterocycles. The van der Waals surface area contributed by atoms with Gasteiger partial charge in [-0.1, -0.05) is 41.5 Å². The van der Waals surface area contributed by atoms with E-state index >= 15 is 0 Å². The molecule has 0 aliphatic heterocycles. The third-order valence-electron chi connectivity index (χ3n) is 3.19. The standard InChI is InChI=1S/C11H23Cl/c1-7-10(3,4)9(12)11(5,6)8-2/h9H,7-8H2,1-6H3. The van der Waals surface area contributed by atoms with Crippen molar-refractivity contribution in [1.29, 1.82) is 0 Å². The van der Waals surface area contributed by atoms with E-state index in [1.54, 1.807) is 0 Å². The minimum Gasteiger partial charge on any atom is -0.122 e. The average Bonchev–Trinajstić information content (AvgIpc) is 2.03. The lowest BCUT2D eigenvalue weighted by Gasteiger charge is -2.39. The Morgan fingerprint density at radius 3 is 1.33 bits per heavy atom. The van der Waals surface area contributed by atoms with Gasteiger partial charge in [-0.3, -0.25) is 0 Å². The van der Waals surface area contributed by atoms with Crippen molar-refractivity contribution in [1.82, 2.24) is 0 Å². The Kier molecular flexibility index (Phi) is 4.10. The van der Waals surface area contributed by atoms with E-state index in [0.717, 1.165) is 12.8 Å². The van der Waals surface area contributed by atoms with Crippen molar-refractivity contribution in [3.63, 3.8) is 0 Å². The van der Waals surface area contributed by atoms with Gasteiger partial charge in [0.2, 0.25) is 0 Å². The van der Waals surface area contributed by atoms with Crippen molar-refractivity contribution in [2.75, 3.05) is 0 Å². The van der Waals surface area contributed by atoms with Gasteiger partial charge in [-0.2, -0.15) is 0 Å². The van der Waals surface area contributed by atoms with Gasteiger partial charge in [0, 0.05) is 5.38 Å². The van der Waals surface area contributed by atoms with Crippen molar-refractivity contribution in [3.05, 3.63) is 0 Å². The van der Waals surface area contributed by atoms with Gasteiger partial charge < -0.3 is 0 Å². The molecule has 0 aliphatic carbocycles. The first-order valence-electron chi connectivity index (χ1n) is 4.92. The SMILES string of the molecule is CCC(C)(C)C(Cl)C(C)(C)CC. The van der Waals surface area contributed by atoms with Crippen LogP contribution in [0.4, 0.5) is 0 Å². The molecule has 1 heteroatoms. The van der Waals surface area contributed by atoms with Crippen molar-refractivity contribution in [3.8, 4) is 0 Å². The predicted molar refractivity (Wildman–Crippen MR) is 57.8 cm³/mol. The van der Waals surface area contributed by atoms with E-state index in [9.17, 15) is 0 Å². The van der Waals surface area contributed by atoms with Gasteiger partial charge in [0.15, 0.2) is 0 Å². The first-order chi connectivity index (χ1) is 5.28. The fraction of sp³-hybridized carbons (Fsp3) is 1.00. The molecule has 0 amide bonds. The van der Waals surface area contributed by atoms with E-state index in [4.69, 9.17) is 11.6 Å². The highest BCUT2D eigenvalue weighted by molar-refractivity contribution is 6.21. The molecule has 0 atom stereocenters. The second kappa shape index (κ2) is 4.00. The van der Waals surface area contributed by atoms with Crippen molar-refractivity contribution >= 4 is 11.6 Å². The zero-order chi connectivity index (χ0) is 9.99. The maximum atomic E-state index is 6.46. The van der Waals surface area contributed by atoms with Gasteiger partial charge in [0.1, 0.15) is 0 Å². The minimum atomic E-state index is 0.251. The molecule has 0 aliphatic rings. The van der Waals surface area contributed by atoms with Gasteiger partial charge >= 0.3 is 0 Å². The number of rotatable bonds is 4. The molecule has 0 rings (SSSR count). The Labute approximate surface area is 82.7 Å². The summed E-state index contributed by atoms with van der Waals surface area (Å²) in [4.78, 5) is 0. The van der Waals surface area contributed by atoms with Crippen LogP contribution in [0.3, 0.4) is 0 Å². The Morgan fingerprint density at radius 2 is 1.17 bits per heavy atom. The summed E-state index contributed by atoms with van der Waals surface area (Å²) in [5.41, 5.74) is 0.502. The number of halogens is 1. The average molecular weight is 191 g/mol. The molecule has 0 spiro atoms. The van der Waals surface area contributed by atoms with E-state index in [2.05, 4.69) is 41.5 Å². The Morgan fingerprint density at radius 1 is 0.917 bits per heavy atom. The minimum absolute atomic E-state index is 0.251. The molecular formula is C11H23Cl. The maximum absolute atomic E-state index is 6.46. The molecule has 0 radical (unpaired) electrons. The normalized spacial score (nSPS) is 14.0. The van der Waals surface area contributed by atoms with Crippen LogP contribution in [0.1, 0.15) is 54.4 Å². The highest BCUT2D eigenvalue weighted by atomic mass is 35.5. The van der Waals surface area contributed by atoms with Crippen LogP contribution in [-0.2, 0) is 0 Å². The van der Waals surface area contributed by atoms with Crippen LogP contribution < -0.4 is 0 Å². The van der Waals surface area contributed by atoms with Gasteiger partial charge in [0.05, 0.1) is 0 Å². The van der Waals surface area contributed by atoms with E-state index in [1.807, 2.05) is 0 Å². The van der Waals surface area contributed by atoms with Gasteiger partial charge in [-0.25, -0.2) is 0 Å². The summed E-state index contributed by atoms with van der Waals surface area (Å²) in [7, 11) is 0. The van der Waals surface area contributed by atoms with E-state index < -0.39 is 0 Å². The van der Waals surface area contributed by atoms with Crippen LogP contribution in [0, 0.1) is 10.8 Å². The fourth-order valence-electron chi connectivity index (χ4n) is 1.42. The largest absolute Gasteiger partial charge is 0.122 e. The third kappa shape index (κ3) is 2.65. The lowest BCUT2D eigenvalue weighted by Crippen LogP contribution is -2.36. The van der Waals surface area contributed by atoms with Crippen LogP contribution in [-0.4, -0.2) is 5.38 Å². The smallest absolute Gasteiger partial charge is 0.0437 e. The molecule has 0 nitrogen and oxygen atoms in total. The second-order valence-corrected chi connectivity index (χ2v) is 5.48. The monoisotopic (exact) mass is 190 g/mol. The molecule has 0 saturated carbocycles. The molecule has 0 N–H and O–H groups in total. The molecular weight excluding hydrogens is 168 g/mol. The summed E-state index contributed by atoms with van der Waals surface area (Å²) in [6.45, 7) is 13.4. The van der Waals surface area contributed by atoms with Crippen LogP contribution in [0.25, 0.3) is 0 Å². The molecule has 0 unspecified atom stereocenters. The third-order valence-corrected chi connectivity index (χ3v) is 4.38. The molecule has 0 aromatic rings. The fourth-order valence-corrected chi connectivity index (χ4v) is 1.72. The summed E-state index contributed by atoms with van der Waals surface area (Å²) in [6.07, 6.45) is 2.29. The highest BCUT2D eigenvalue weighted by Crippen LogP contribution is 2.42. The Bertz CT molecular complexity index is 120. The Balaban J connectivity index is 4.47. The van der Waals surface area contributed by atoms with Crippen LogP contribution >= 0.6 is 11.6 Å². The lowest BCUT2D eigenvalue weighted by atomic mass is 9.72. The first-order valence-corrected chi connectivity index (χ1v) is 5.35. The van der Waals surface area contributed by atoms with Crippen LogP contribution in [0.15, 0.2) is 0 Å². The molecule has 12 heavy (non-hydrogen) atoms. The molecule has 0 bridgehead atoms. The zero-order valence-corrected chi connectivity index (χ0v) is 10.1. The quantitative estimate of drug-likeness (QED) is 0.574. The van der Waals surface area contributed by atoms with Gasteiger partial charge in [-0.05, 0) is 23.7 Å². The summed E-state index contributed by atoms with van der Waals surface area (Å²) >= 11 is 6.46. The van der Waals surface area contributed by atoms with E-state index in [0.29, 0.717) is 0 Å². The Hall–Kier alpha value is 0.290. The summed E-state index contributed by atoms with van der Waals surface area (Å²) in [5.74, 6) is 0. The lowest BCUT2D eigenvalue weighted by molar-refractivity contribution is 0.192. The van der Waals surface area contributed by atoms with Crippen molar-refractivity contribution in [2.24, 2.45) is 10.8 Å². The summed E-state index contributed by atoms with van der Waals surface area (Å²) in [6, 6.07) is 0. The number of hydrogen-bond acceptors (Lipinski definition) is 0. The first kappa shape index (κ1) is 12.3.